The van der Waals surface area contributed by atoms with Crippen LogP contribution >= 0.6 is 0 Å². The zero-order valence-corrected chi connectivity index (χ0v) is 10.7. The minimum Gasteiger partial charge on any atom is -0.491 e. The molecule has 1 saturated heterocycles. The van der Waals surface area contributed by atoms with Crippen molar-refractivity contribution in [3.05, 3.63) is 29.3 Å². The molecule has 0 aliphatic carbocycles. The molecule has 1 amide bonds. The molecule has 0 spiro atoms. The number of rotatable bonds is 4. The highest BCUT2D eigenvalue weighted by Crippen LogP contribution is 2.32. The zero-order chi connectivity index (χ0) is 14.8. The Morgan fingerprint density at radius 1 is 1.45 bits per heavy atom. The minimum atomic E-state index is -4.52. The second-order valence-electron chi connectivity index (χ2n) is 4.68. The Morgan fingerprint density at radius 3 is 2.75 bits per heavy atom. The number of nitrogens with one attached hydrogen (secondary N) is 1. The summed E-state index contributed by atoms with van der Waals surface area (Å²) in [5.74, 6) is -0.857. The van der Waals surface area contributed by atoms with Crippen molar-refractivity contribution in [3.8, 4) is 5.75 Å². The van der Waals surface area contributed by atoms with Crippen LogP contribution in [0.3, 0.4) is 0 Å². The van der Waals surface area contributed by atoms with E-state index in [0.717, 1.165) is 37.6 Å². The highest BCUT2D eigenvalue weighted by molar-refractivity contribution is 5.95. The third-order valence-electron chi connectivity index (χ3n) is 3.17. The van der Waals surface area contributed by atoms with E-state index in [9.17, 15) is 18.0 Å². The topological polar surface area (TPSA) is 64.4 Å². The summed E-state index contributed by atoms with van der Waals surface area (Å²) in [5.41, 5.74) is 3.94. The van der Waals surface area contributed by atoms with Crippen LogP contribution in [0.15, 0.2) is 18.2 Å². The van der Waals surface area contributed by atoms with E-state index in [-0.39, 0.29) is 17.4 Å². The van der Waals surface area contributed by atoms with E-state index in [1.807, 2.05) is 0 Å². The van der Waals surface area contributed by atoms with Gasteiger partial charge < -0.3 is 15.8 Å². The molecule has 0 bridgehead atoms. The molecule has 0 unspecified atom stereocenters. The SMILES string of the molecule is NC(=O)c1cc(C(F)(F)F)ccc1OC[C@H]1CCCN1. The van der Waals surface area contributed by atoms with Crippen molar-refractivity contribution in [2.24, 2.45) is 5.73 Å². The summed E-state index contributed by atoms with van der Waals surface area (Å²) in [6.07, 6.45) is -2.55. The summed E-state index contributed by atoms with van der Waals surface area (Å²) in [4.78, 5) is 11.3. The molecule has 0 saturated carbocycles. The largest absolute Gasteiger partial charge is 0.491 e. The zero-order valence-electron chi connectivity index (χ0n) is 10.7. The Morgan fingerprint density at radius 2 is 2.20 bits per heavy atom. The van der Waals surface area contributed by atoms with Crippen LogP contribution < -0.4 is 15.8 Å². The number of ether oxygens (including phenoxy) is 1. The van der Waals surface area contributed by atoms with Crippen LogP contribution in [-0.4, -0.2) is 25.1 Å². The van der Waals surface area contributed by atoms with Gasteiger partial charge in [0.2, 0.25) is 0 Å². The summed E-state index contributed by atoms with van der Waals surface area (Å²) >= 11 is 0. The molecular formula is C13H15F3N2O2. The number of benzene rings is 1. The number of alkyl halides is 3. The second kappa shape index (κ2) is 5.70. The number of carbonyl (C=O) groups is 1. The molecular weight excluding hydrogens is 273 g/mol. The van der Waals surface area contributed by atoms with E-state index in [1.54, 1.807) is 0 Å². The molecule has 20 heavy (non-hydrogen) atoms. The van der Waals surface area contributed by atoms with Gasteiger partial charge >= 0.3 is 6.18 Å². The van der Waals surface area contributed by atoms with Gasteiger partial charge in [0, 0.05) is 6.04 Å². The number of primary amides is 1. The van der Waals surface area contributed by atoms with Gasteiger partial charge in [0.1, 0.15) is 12.4 Å². The predicted molar refractivity (Wildman–Crippen MR) is 66.5 cm³/mol. The fraction of sp³-hybridized carbons (Fsp3) is 0.462. The fourth-order valence-corrected chi connectivity index (χ4v) is 2.11. The molecule has 1 fully saturated rings. The summed E-state index contributed by atoms with van der Waals surface area (Å²) < 4.78 is 43.2. The normalized spacial score (nSPS) is 19.1. The molecule has 2 rings (SSSR count). The van der Waals surface area contributed by atoms with Crippen LogP contribution in [0, 0.1) is 0 Å². The number of hydrogen-bond donors (Lipinski definition) is 2. The molecule has 3 N–H and O–H groups in total. The summed E-state index contributed by atoms with van der Waals surface area (Å²) in [5, 5.41) is 3.19. The predicted octanol–water partition coefficient (Wildman–Crippen LogP) is 1.94. The van der Waals surface area contributed by atoms with E-state index < -0.39 is 17.6 Å². The van der Waals surface area contributed by atoms with E-state index in [4.69, 9.17) is 10.5 Å². The lowest BCUT2D eigenvalue weighted by molar-refractivity contribution is -0.137. The van der Waals surface area contributed by atoms with E-state index >= 15 is 0 Å². The van der Waals surface area contributed by atoms with Crippen molar-refractivity contribution >= 4 is 5.91 Å². The maximum atomic E-state index is 12.6. The quantitative estimate of drug-likeness (QED) is 0.890. The average Bonchev–Trinajstić information content (AvgIpc) is 2.88. The maximum absolute atomic E-state index is 12.6. The first-order valence-electron chi connectivity index (χ1n) is 6.25. The molecule has 0 radical (unpaired) electrons. The fourth-order valence-electron chi connectivity index (χ4n) is 2.11. The smallest absolute Gasteiger partial charge is 0.416 e. The van der Waals surface area contributed by atoms with E-state index in [2.05, 4.69) is 5.32 Å². The van der Waals surface area contributed by atoms with Gasteiger partial charge in [-0.15, -0.1) is 0 Å². The Hall–Kier alpha value is -1.76. The highest BCUT2D eigenvalue weighted by Gasteiger charge is 2.32. The second-order valence-corrected chi connectivity index (χ2v) is 4.68. The van der Waals surface area contributed by atoms with Crippen LogP contribution in [0.25, 0.3) is 0 Å². The minimum absolute atomic E-state index is 0.0826. The molecule has 1 aliphatic heterocycles. The van der Waals surface area contributed by atoms with Gasteiger partial charge in [0.25, 0.3) is 5.91 Å². The van der Waals surface area contributed by atoms with Gasteiger partial charge in [-0.1, -0.05) is 0 Å². The number of amides is 1. The Balaban J connectivity index is 2.17. The summed E-state index contributed by atoms with van der Waals surface area (Å²) in [6.45, 7) is 1.19. The summed E-state index contributed by atoms with van der Waals surface area (Å²) in [7, 11) is 0. The van der Waals surface area contributed by atoms with Gasteiger partial charge in [-0.2, -0.15) is 13.2 Å². The lowest BCUT2D eigenvalue weighted by Crippen LogP contribution is -2.28. The number of carbonyl (C=O) groups excluding carboxylic acids is 1. The molecule has 1 aliphatic rings. The average molecular weight is 288 g/mol. The number of hydrogen-bond acceptors (Lipinski definition) is 3. The van der Waals surface area contributed by atoms with Crippen molar-refractivity contribution < 1.29 is 22.7 Å². The molecule has 1 aromatic carbocycles. The van der Waals surface area contributed by atoms with Gasteiger partial charge in [-0.3, -0.25) is 4.79 Å². The van der Waals surface area contributed by atoms with Crippen molar-refractivity contribution in [2.75, 3.05) is 13.2 Å². The molecule has 0 aromatic heterocycles. The number of halogens is 3. The maximum Gasteiger partial charge on any atom is 0.416 e. The third-order valence-corrected chi connectivity index (χ3v) is 3.17. The Labute approximate surface area is 114 Å². The first-order chi connectivity index (χ1) is 9.38. The van der Waals surface area contributed by atoms with E-state index in [1.165, 1.54) is 0 Å². The number of nitrogens with two attached hydrogens (primary N) is 1. The Kier molecular flexibility index (Phi) is 4.17. The lowest BCUT2D eigenvalue weighted by Gasteiger charge is -2.15. The van der Waals surface area contributed by atoms with Gasteiger partial charge in [0.05, 0.1) is 11.1 Å². The van der Waals surface area contributed by atoms with Crippen molar-refractivity contribution in [1.29, 1.82) is 0 Å². The van der Waals surface area contributed by atoms with Crippen LogP contribution in [0.5, 0.6) is 5.75 Å². The molecule has 1 atom stereocenters. The van der Waals surface area contributed by atoms with Gasteiger partial charge in [-0.05, 0) is 37.6 Å². The summed E-state index contributed by atoms with van der Waals surface area (Å²) in [6, 6.07) is 2.89. The van der Waals surface area contributed by atoms with Crippen molar-refractivity contribution in [3.63, 3.8) is 0 Å². The molecule has 1 heterocycles. The Bertz CT molecular complexity index is 497. The van der Waals surface area contributed by atoms with Crippen LogP contribution in [0.1, 0.15) is 28.8 Å². The monoisotopic (exact) mass is 288 g/mol. The van der Waals surface area contributed by atoms with Crippen LogP contribution in [0.4, 0.5) is 13.2 Å². The highest BCUT2D eigenvalue weighted by atomic mass is 19.4. The van der Waals surface area contributed by atoms with Gasteiger partial charge in [-0.25, -0.2) is 0 Å². The van der Waals surface area contributed by atoms with Gasteiger partial charge in [0.15, 0.2) is 0 Å². The first-order valence-corrected chi connectivity index (χ1v) is 6.25. The standard InChI is InChI=1S/C13H15F3N2O2/c14-13(15,16)8-3-4-11(10(6-8)12(17)19)20-7-9-2-1-5-18-9/h3-4,6,9,18H,1-2,5,7H2,(H2,17,19)/t9-/m1/s1. The third kappa shape index (κ3) is 3.41. The molecule has 1 aromatic rings. The first kappa shape index (κ1) is 14.6. The van der Waals surface area contributed by atoms with Crippen molar-refractivity contribution in [2.45, 2.75) is 25.1 Å². The lowest BCUT2D eigenvalue weighted by atomic mass is 10.1. The molecule has 4 nitrogen and oxygen atoms in total. The van der Waals surface area contributed by atoms with Crippen LogP contribution in [-0.2, 0) is 6.18 Å². The molecule has 110 valence electrons. The molecule has 7 heteroatoms. The van der Waals surface area contributed by atoms with E-state index in [0.29, 0.717) is 6.61 Å². The van der Waals surface area contributed by atoms with Crippen LogP contribution in [0.2, 0.25) is 0 Å². The van der Waals surface area contributed by atoms with Crippen molar-refractivity contribution in [1.82, 2.24) is 5.32 Å².